The molecule has 12 heavy (non-hydrogen) atoms. The van der Waals surface area contributed by atoms with Gasteiger partial charge in [0.1, 0.15) is 0 Å². The molecule has 0 fully saturated rings. The first-order valence-electron chi connectivity index (χ1n) is 3.91. The van der Waals surface area contributed by atoms with Crippen molar-refractivity contribution in [1.82, 2.24) is 0 Å². The summed E-state index contributed by atoms with van der Waals surface area (Å²) < 4.78 is 0. The average molecular weight is 163 g/mol. The zero-order valence-electron chi connectivity index (χ0n) is 6.95. The minimum atomic E-state index is -0.216. The van der Waals surface area contributed by atoms with Crippen LogP contribution in [0.3, 0.4) is 0 Å². The molecular formula is C9H11N2O+. The lowest BCUT2D eigenvalue weighted by Crippen LogP contribution is -2.57. The quantitative estimate of drug-likeness (QED) is 0.572. The Hall–Kier alpha value is -1.35. The maximum atomic E-state index is 11.4. The first kappa shape index (κ1) is 7.31. The van der Waals surface area contributed by atoms with E-state index in [-0.39, 0.29) is 11.9 Å². The molecule has 1 atom stereocenters. The van der Waals surface area contributed by atoms with Gasteiger partial charge in [-0.25, -0.2) is 0 Å². The van der Waals surface area contributed by atoms with Crippen LogP contribution in [0, 0.1) is 0 Å². The maximum absolute atomic E-state index is 11.4. The highest BCUT2D eigenvalue weighted by molar-refractivity contribution is 6.03. The third kappa shape index (κ3) is 0.769. The van der Waals surface area contributed by atoms with Crippen molar-refractivity contribution in [3.8, 4) is 0 Å². The monoisotopic (exact) mass is 163 g/mol. The van der Waals surface area contributed by atoms with E-state index in [0.717, 1.165) is 11.3 Å². The molecule has 0 bridgehead atoms. The Bertz CT molecular complexity index is 304. The second kappa shape index (κ2) is 2.32. The molecule has 1 aliphatic heterocycles. The van der Waals surface area contributed by atoms with Gasteiger partial charge in [0.25, 0.3) is 5.91 Å². The van der Waals surface area contributed by atoms with E-state index in [9.17, 15) is 4.79 Å². The third-order valence-electron chi connectivity index (χ3n) is 2.30. The number of hydrogen-bond donors (Lipinski definition) is 1. The fourth-order valence-electron chi connectivity index (χ4n) is 1.57. The zero-order chi connectivity index (χ0) is 8.72. The molecule has 3 N–H and O–H groups in total. The molecule has 0 saturated heterocycles. The van der Waals surface area contributed by atoms with E-state index >= 15 is 0 Å². The Morgan fingerprint density at radius 1 is 1.42 bits per heavy atom. The van der Waals surface area contributed by atoms with Gasteiger partial charge in [0.15, 0.2) is 6.04 Å². The van der Waals surface area contributed by atoms with Crippen molar-refractivity contribution in [1.29, 1.82) is 0 Å². The summed E-state index contributed by atoms with van der Waals surface area (Å²) in [7, 11) is 1.78. The van der Waals surface area contributed by atoms with Crippen molar-refractivity contribution < 1.29 is 10.5 Å². The molecule has 1 heterocycles. The van der Waals surface area contributed by atoms with Gasteiger partial charge in [-0.3, -0.25) is 4.79 Å². The van der Waals surface area contributed by atoms with Gasteiger partial charge in [0, 0.05) is 12.6 Å². The minimum absolute atomic E-state index is 0.0798. The lowest BCUT2D eigenvalue weighted by atomic mass is 10.1. The Labute approximate surface area is 70.8 Å². The molecule has 3 nitrogen and oxygen atoms in total. The molecule has 0 radical (unpaired) electrons. The summed E-state index contributed by atoms with van der Waals surface area (Å²) in [5.41, 5.74) is 5.84. The van der Waals surface area contributed by atoms with Crippen molar-refractivity contribution in [2.24, 2.45) is 0 Å². The summed E-state index contributed by atoms with van der Waals surface area (Å²) in [5.74, 6) is 0.0798. The van der Waals surface area contributed by atoms with Crippen LogP contribution in [-0.4, -0.2) is 13.0 Å². The van der Waals surface area contributed by atoms with E-state index in [1.165, 1.54) is 0 Å². The number of para-hydroxylation sites is 1. The maximum Gasteiger partial charge on any atom is 0.289 e. The minimum Gasteiger partial charge on any atom is -0.343 e. The molecule has 1 amide bonds. The first-order chi connectivity index (χ1) is 5.72. The number of rotatable bonds is 0. The average Bonchev–Trinajstić information content (AvgIpc) is 2.33. The third-order valence-corrected chi connectivity index (χ3v) is 2.30. The number of likely N-dealkylation sites (N-methyl/N-ethyl adjacent to an activating group) is 1. The molecule has 1 aromatic rings. The molecule has 0 aromatic heterocycles. The molecule has 3 heteroatoms. The van der Waals surface area contributed by atoms with Crippen molar-refractivity contribution in [3.05, 3.63) is 29.8 Å². The number of benzene rings is 1. The number of anilines is 1. The summed E-state index contributed by atoms with van der Waals surface area (Å²) in [5, 5.41) is 0. The van der Waals surface area contributed by atoms with Gasteiger partial charge in [-0.1, -0.05) is 18.2 Å². The van der Waals surface area contributed by atoms with E-state index in [1.807, 2.05) is 24.3 Å². The van der Waals surface area contributed by atoms with Crippen LogP contribution in [-0.2, 0) is 4.79 Å². The van der Waals surface area contributed by atoms with Crippen LogP contribution >= 0.6 is 0 Å². The molecular weight excluding hydrogens is 152 g/mol. The van der Waals surface area contributed by atoms with E-state index < -0.39 is 0 Å². The Morgan fingerprint density at radius 3 is 2.75 bits per heavy atom. The lowest BCUT2D eigenvalue weighted by Gasteiger charge is -2.07. The predicted octanol–water partition coefficient (Wildman–Crippen LogP) is -0.0540. The molecule has 1 aromatic carbocycles. The number of amides is 1. The smallest absolute Gasteiger partial charge is 0.289 e. The summed E-state index contributed by atoms with van der Waals surface area (Å²) in [6.07, 6.45) is 0. The number of nitrogens with zero attached hydrogens (tertiary/aromatic N) is 1. The van der Waals surface area contributed by atoms with Gasteiger partial charge in [-0.15, -0.1) is 0 Å². The number of fused-ring (bicyclic) bond motifs is 1. The van der Waals surface area contributed by atoms with Crippen LogP contribution < -0.4 is 10.6 Å². The number of hydrogen-bond acceptors (Lipinski definition) is 1. The van der Waals surface area contributed by atoms with Crippen molar-refractivity contribution in [2.45, 2.75) is 6.04 Å². The van der Waals surface area contributed by atoms with Crippen LogP contribution in [0.25, 0.3) is 0 Å². The van der Waals surface area contributed by atoms with E-state index in [2.05, 4.69) is 5.73 Å². The molecule has 0 spiro atoms. The Kier molecular flexibility index (Phi) is 1.41. The lowest BCUT2D eigenvalue weighted by molar-refractivity contribution is -0.407. The largest absolute Gasteiger partial charge is 0.343 e. The van der Waals surface area contributed by atoms with Crippen LogP contribution in [0.5, 0.6) is 0 Å². The van der Waals surface area contributed by atoms with Gasteiger partial charge in [0.2, 0.25) is 0 Å². The fourth-order valence-corrected chi connectivity index (χ4v) is 1.57. The van der Waals surface area contributed by atoms with Gasteiger partial charge >= 0.3 is 0 Å². The number of carbonyl (C=O) groups is 1. The second-order valence-electron chi connectivity index (χ2n) is 3.01. The van der Waals surface area contributed by atoms with Crippen molar-refractivity contribution >= 4 is 11.6 Å². The fraction of sp³-hybridized carbons (Fsp3) is 0.222. The van der Waals surface area contributed by atoms with Crippen LogP contribution in [0.1, 0.15) is 11.6 Å². The molecule has 0 saturated carbocycles. The van der Waals surface area contributed by atoms with E-state index in [1.54, 1.807) is 11.9 Å². The number of quaternary nitrogens is 1. The van der Waals surface area contributed by atoms with Crippen LogP contribution in [0.15, 0.2) is 24.3 Å². The van der Waals surface area contributed by atoms with E-state index in [0.29, 0.717) is 0 Å². The van der Waals surface area contributed by atoms with Crippen LogP contribution in [0.2, 0.25) is 0 Å². The highest BCUT2D eigenvalue weighted by Crippen LogP contribution is 2.31. The summed E-state index contributed by atoms with van der Waals surface area (Å²) in [6.45, 7) is 0. The molecule has 62 valence electrons. The Morgan fingerprint density at radius 2 is 2.08 bits per heavy atom. The molecule has 0 unspecified atom stereocenters. The van der Waals surface area contributed by atoms with Gasteiger partial charge in [-0.05, 0) is 6.07 Å². The van der Waals surface area contributed by atoms with Crippen molar-refractivity contribution in [2.75, 3.05) is 11.9 Å². The topological polar surface area (TPSA) is 48.0 Å². The molecule has 1 aliphatic rings. The normalized spacial score (nSPS) is 21.3. The summed E-state index contributed by atoms with van der Waals surface area (Å²) in [4.78, 5) is 13.1. The van der Waals surface area contributed by atoms with Gasteiger partial charge in [-0.2, -0.15) is 0 Å². The second-order valence-corrected chi connectivity index (χ2v) is 3.01. The highest BCUT2D eigenvalue weighted by atomic mass is 16.2. The zero-order valence-corrected chi connectivity index (χ0v) is 6.95. The first-order valence-corrected chi connectivity index (χ1v) is 3.91. The van der Waals surface area contributed by atoms with Gasteiger partial charge < -0.3 is 10.6 Å². The standard InChI is InChI=1S/C9H10N2O/c1-11-7-5-3-2-4-6(7)8(10)9(11)12/h2-5,8H,10H2,1H3/p+1/t8-/m0/s1. The van der Waals surface area contributed by atoms with Gasteiger partial charge in [0.05, 0.1) is 5.69 Å². The molecule has 2 rings (SSSR count). The Balaban J connectivity index is 2.59. The summed E-state index contributed by atoms with van der Waals surface area (Å²) in [6, 6.07) is 7.54. The van der Waals surface area contributed by atoms with Crippen LogP contribution in [0.4, 0.5) is 5.69 Å². The van der Waals surface area contributed by atoms with Crippen molar-refractivity contribution in [3.63, 3.8) is 0 Å². The SMILES string of the molecule is CN1C(=O)[C@@H]([NH3+])c2ccccc21. The van der Waals surface area contributed by atoms with E-state index in [4.69, 9.17) is 0 Å². The number of carbonyl (C=O) groups excluding carboxylic acids is 1. The summed E-state index contributed by atoms with van der Waals surface area (Å²) >= 11 is 0. The predicted molar refractivity (Wildman–Crippen MR) is 45.5 cm³/mol. The highest BCUT2D eigenvalue weighted by Gasteiger charge is 2.34. The molecule has 0 aliphatic carbocycles.